The van der Waals surface area contributed by atoms with Gasteiger partial charge in [-0.2, -0.15) is 0 Å². The number of hydrogen-bond acceptors (Lipinski definition) is 6. The van der Waals surface area contributed by atoms with E-state index in [1.807, 2.05) is 24.3 Å². The van der Waals surface area contributed by atoms with Crippen LogP contribution in [-0.4, -0.2) is 64.4 Å². The quantitative estimate of drug-likeness (QED) is 0.278. The molecule has 6 nitrogen and oxygen atoms in total. The minimum absolute atomic E-state index is 0.146. The molecule has 0 fully saturated rings. The van der Waals surface area contributed by atoms with Crippen LogP contribution in [0.5, 0.6) is 23.0 Å². The van der Waals surface area contributed by atoms with Gasteiger partial charge < -0.3 is 18.9 Å². The van der Waals surface area contributed by atoms with E-state index in [-0.39, 0.29) is 12.1 Å². The van der Waals surface area contributed by atoms with E-state index in [4.69, 9.17) is 18.9 Å². The average Bonchev–Trinajstić information content (AvgIpc) is 2.89. The lowest BCUT2D eigenvalue weighted by Gasteiger charge is -2.28. The molecule has 0 saturated heterocycles. The van der Waals surface area contributed by atoms with Crippen LogP contribution in [0.1, 0.15) is 51.7 Å². The molecule has 2 rings (SSSR count). The highest BCUT2D eigenvalue weighted by Gasteiger charge is 2.19. The topological polar surface area (TPSA) is 43.4 Å². The van der Waals surface area contributed by atoms with Crippen LogP contribution in [-0.2, 0) is 13.1 Å². The van der Waals surface area contributed by atoms with Crippen molar-refractivity contribution < 1.29 is 18.9 Å². The van der Waals surface area contributed by atoms with Gasteiger partial charge in [-0.1, -0.05) is 51.7 Å². The normalized spacial score (nSPS) is 12.9. The lowest BCUT2D eigenvalue weighted by Crippen LogP contribution is -2.34. The van der Waals surface area contributed by atoms with Crippen molar-refractivity contribution in [2.24, 2.45) is 11.8 Å². The summed E-state index contributed by atoms with van der Waals surface area (Å²) in [5.41, 5.74) is 2.34. The second-order valence-corrected chi connectivity index (χ2v) is 10.8. The molecule has 210 valence electrons. The Morgan fingerprint density at radius 1 is 0.579 bits per heavy atom. The van der Waals surface area contributed by atoms with E-state index >= 15 is 0 Å². The predicted molar refractivity (Wildman–Crippen MR) is 156 cm³/mol. The lowest BCUT2D eigenvalue weighted by molar-refractivity contribution is 0.243. The van der Waals surface area contributed by atoms with E-state index in [0.717, 1.165) is 48.9 Å². The Morgan fingerprint density at radius 2 is 0.921 bits per heavy atom. The lowest BCUT2D eigenvalue weighted by atomic mass is 9.99. The summed E-state index contributed by atoms with van der Waals surface area (Å²) in [7, 11) is 11.0. The first-order chi connectivity index (χ1) is 18.1. The summed E-state index contributed by atoms with van der Waals surface area (Å²) in [6, 6.07) is 12.5. The Labute approximate surface area is 231 Å². The molecule has 0 aliphatic heterocycles. The summed E-state index contributed by atoms with van der Waals surface area (Å²) in [4.78, 5) is 4.68. The minimum Gasteiger partial charge on any atom is -0.493 e. The Balaban J connectivity index is 2.25. The number of nitrogens with zero attached hydrogens (tertiary/aromatic N) is 2. The molecule has 0 aromatic heterocycles. The van der Waals surface area contributed by atoms with Crippen molar-refractivity contribution in [3.8, 4) is 34.8 Å². The molecule has 0 heterocycles. The summed E-state index contributed by atoms with van der Waals surface area (Å²) < 4.78 is 21.8. The predicted octanol–water partition coefficient (Wildman–Crippen LogP) is 6.12. The Hall–Kier alpha value is -2.88. The van der Waals surface area contributed by atoms with E-state index in [1.54, 1.807) is 28.4 Å². The van der Waals surface area contributed by atoms with Gasteiger partial charge in [0.15, 0.2) is 23.0 Å². The zero-order chi connectivity index (χ0) is 28.2. The number of methoxy groups -OCH3 is 4. The highest BCUT2D eigenvalue weighted by atomic mass is 16.5. The van der Waals surface area contributed by atoms with Crippen LogP contribution in [0.25, 0.3) is 0 Å². The molecule has 0 aliphatic carbocycles. The molecule has 2 unspecified atom stereocenters. The van der Waals surface area contributed by atoms with Crippen molar-refractivity contribution in [3.05, 3.63) is 47.5 Å². The Kier molecular flexibility index (Phi) is 12.8. The number of rotatable bonds is 14. The second kappa shape index (κ2) is 15.5. The zero-order valence-corrected chi connectivity index (χ0v) is 25.1. The standard InChI is InChI=1S/C32H48N2O4/c1-23(2)17-27(33(5)21-25-11-15-29(35-7)31(19-25)37-9)13-14-28(18-24(3)4)34(6)22-26-12-16-30(36-8)32(20-26)38-10/h11-12,15-16,19-20,23-24,27-28H,17-18,21-22H2,1-10H3. The molecular formula is C32H48N2O4. The van der Waals surface area contributed by atoms with Gasteiger partial charge >= 0.3 is 0 Å². The van der Waals surface area contributed by atoms with Crippen LogP contribution in [0, 0.1) is 23.7 Å². The first-order valence-corrected chi connectivity index (χ1v) is 13.4. The van der Waals surface area contributed by atoms with Crippen LogP contribution < -0.4 is 18.9 Å². The van der Waals surface area contributed by atoms with E-state index < -0.39 is 0 Å². The second-order valence-electron chi connectivity index (χ2n) is 10.8. The van der Waals surface area contributed by atoms with Crippen molar-refractivity contribution in [1.29, 1.82) is 0 Å². The van der Waals surface area contributed by atoms with E-state index in [2.05, 4.69) is 75.6 Å². The molecule has 6 heteroatoms. The SMILES string of the molecule is COc1ccc(CN(C)C(C#CC(CC(C)C)N(C)Cc2ccc(OC)c(OC)c2)CC(C)C)cc1OC. The summed E-state index contributed by atoms with van der Waals surface area (Å²) in [5.74, 6) is 11.4. The first kappa shape index (κ1) is 31.3. The third-order valence-electron chi connectivity index (χ3n) is 6.63. The van der Waals surface area contributed by atoms with Gasteiger partial charge in [0.1, 0.15) is 0 Å². The summed E-state index contributed by atoms with van der Waals surface area (Å²) in [6.07, 6.45) is 2.01. The molecular weight excluding hydrogens is 476 g/mol. The molecule has 0 N–H and O–H groups in total. The molecule has 0 bridgehead atoms. The molecule has 2 atom stereocenters. The third kappa shape index (κ3) is 9.45. The summed E-state index contributed by atoms with van der Waals surface area (Å²) in [6.45, 7) is 10.6. The molecule has 0 saturated carbocycles. The van der Waals surface area contributed by atoms with Gasteiger partial charge in [0, 0.05) is 13.1 Å². The van der Waals surface area contributed by atoms with Gasteiger partial charge in [0.25, 0.3) is 0 Å². The van der Waals surface area contributed by atoms with Gasteiger partial charge in [-0.05, 0) is 74.2 Å². The van der Waals surface area contributed by atoms with Gasteiger partial charge in [0.2, 0.25) is 0 Å². The van der Waals surface area contributed by atoms with Gasteiger partial charge in [-0.25, -0.2) is 0 Å². The van der Waals surface area contributed by atoms with Crippen LogP contribution in [0.15, 0.2) is 36.4 Å². The van der Waals surface area contributed by atoms with Crippen molar-refractivity contribution in [2.45, 2.75) is 65.7 Å². The maximum Gasteiger partial charge on any atom is 0.161 e. The van der Waals surface area contributed by atoms with Crippen LogP contribution in [0.3, 0.4) is 0 Å². The highest BCUT2D eigenvalue weighted by molar-refractivity contribution is 5.43. The summed E-state index contributed by atoms with van der Waals surface area (Å²) >= 11 is 0. The Morgan fingerprint density at radius 3 is 1.21 bits per heavy atom. The van der Waals surface area contributed by atoms with Crippen molar-refractivity contribution >= 4 is 0 Å². The van der Waals surface area contributed by atoms with Crippen LogP contribution in [0.4, 0.5) is 0 Å². The minimum atomic E-state index is 0.146. The molecule has 38 heavy (non-hydrogen) atoms. The highest BCUT2D eigenvalue weighted by Crippen LogP contribution is 2.29. The number of benzene rings is 2. The monoisotopic (exact) mass is 524 g/mol. The van der Waals surface area contributed by atoms with Crippen LogP contribution >= 0.6 is 0 Å². The molecule has 2 aromatic rings. The van der Waals surface area contributed by atoms with Crippen molar-refractivity contribution in [3.63, 3.8) is 0 Å². The fourth-order valence-corrected chi connectivity index (χ4v) is 4.54. The van der Waals surface area contributed by atoms with Crippen molar-refractivity contribution in [1.82, 2.24) is 9.80 Å². The van der Waals surface area contributed by atoms with Gasteiger partial charge in [-0.15, -0.1) is 0 Å². The molecule has 2 aromatic carbocycles. The maximum absolute atomic E-state index is 5.51. The number of ether oxygens (including phenoxy) is 4. The Bertz CT molecular complexity index is 976. The van der Waals surface area contributed by atoms with Crippen molar-refractivity contribution in [2.75, 3.05) is 42.5 Å². The largest absolute Gasteiger partial charge is 0.493 e. The van der Waals surface area contributed by atoms with Gasteiger partial charge in [-0.3, -0.25) is 9.80 Å². The van der Waals surface area contributed by atoms with E-state index in [0.29, 0.717) is 11.8 Å². The van der Waals surface area contributed by atoms with Gasteiger partial charge in [0.05, 0.1) is 40.5 Å². The third-order valence-corrected chi connectivity index (χ3v) is 6.63. The zero-order valence-electron chi connectivity index (χ0n) is 25.1. The molecule has 0 aliphatic rings. The fourth-order valence-electron chi connectivity index (χ4n) is 4.54. The molecule has 0 spiro atoms. The fraction of sp³-hybridized carbons (Fsp3) is 0.562. The molecule has 0 amide bonds. The molecule has 0 radical (unpaired) electrons. The average molecular weight is 525 g/mol. The van der Waals surface area contributed by atoms with E-state index in [9.17, 15) is 0 Å². The van der Waals surface area contributed by atoms with E-state index in [1.165, 1.54) is 11.1 Å². The summed E-state index contributed by atoms with van der Waals surface area (Å²) in [5, 5.41) is 0. The number of hydrogen-bond donors (Lipinski definition) is 0. The van der Waals surface area contributed by atoms with Crippen LogP contribution in [0.2, 0.25) is 0 Å². The maximum atomic E-state index is 5.51. The smallest absolute Gasteiger partial charge is 0.161 e. The first-order valence-electron chi connectivity index (χ1n) is 13.4.